The van der Waals surface area contributed by atoms with Gasteiger partial charge in [0, 0.05) is 18.5 Å². The number of carbonyl (C=O) groups excluding carboxylic acids is 1. The Kier molecular flexibility index (Phi) is 5.41. The molecule has 2 aromatic carbocycles. The first-order chi connectivity index (χ1) is 12.6. The van der Waals surface area contributed by atoms with E-state index in [1.54, 1.807) is 12.1 Å². The molecule has 0 aliphatic carbocycles. The monoisotopic (exact) mass is 352 g/mol. The molecule has 0 atom stereocenters. The highest BCUT2D eigenvalue weighted by Crippen LogP contribution is 2.25. The second kappa shape index (κ2) is 7.91. The summed E-state index contributed by atoms with van der Waals surface area (Å²) < 4.78 is 12.9. The third-order valence-electron chi connectivity index (χ3n) is 4.27. The molecular formula is C20H21FN4O. The van der Waals surface area contributed by atoms with Gasteiger partial charge in [-0.2, -0.15) is 0 Å². The maximum absolute atomic E-state index is 12.9. The van der Waals surface area contributed by atoms with Gasteiger partial charge >= 0.3 is 0 Å². The Balaban J connectivity index is 1.73. The minimum absolute atomic E-state index is 0.114. The number of nitrogens with one attached hydrogen (secondary N) is 1. The van der Waals surface area contributed by atoms with Crippen LogP contribution in [-0.2, 0) is 11.3 Å². The molecule has 0 radical (unpaired) electrons. The highest BCUT2D eigenvalue weighted by Gasteiger charge is 2.15. The van der Waals surface area contributed by atoms with E-state index in [2.05, 4.69) is 15.3 Å². The lowest BCUT2D eigenvalue weighted by atomic mass is 10.1. The van der Waals surface area contributed by atoms with Crippen LogP contribution < -0.4 is 10.2 Å². The van der Waals surface area contributed by atoms with Gasteiger partial charge < -0.3 is 10.2 Å². The number of hydrogen-bond acceptors (Lipinski definition) is 4. The van der Waals surface area contributed by atoms with Gasteiger partial charge in [-0.3, -0.25) is 4.79 Å². The minimum Gasteiger partial charge on any atom is -0.350 e. The SMILES string of the molecule is CCN(CC(=O)NCc1ccc(F)cc1)c1ncnc2cccc(C)c12. The third kappa shape index (κ3) is 3.96. The molecule has 1 aromatic heterocycles. The van der Waals surface area contributed by atoms with Gasteiger partial charge in [0.25, 0.3) is 0 Å². The lowest BCUT2D eigenvalue weighted by Gasteiger charge is -2.23. The summed E-state index contributed by atoms with van der Waals surface area (Å²) in [6.07, 6.45) is 1.52. The van der Waals surface area contributed by atoms with Crippen LogP contribution in [0.2, 0.25) is 0 Å². The first-order valence-electron chi connectivity index (χ1n) is 8.55. The number of benzene rings is 2. The molecule has 0 unspecified atom stereocenters. The molecule has 0 saturated carbocycles. The number of aryl methyl sites for hydroxylation is 1. The van der Waals surface area contributed by atoms with Gasteiger partial charge in [-0.15, -0.1) is 0 Å². The van der Waals surface area contributed by atoms with Crippen LogP contribution in [0.4, 0.5) is 10.2 Å². The van der Waals surface area contributed by atoms with E-state index >= 15 is 0 Å². The molecule has 0 aliphatic rings. The van der Waals surface area contributed by atoms with Crippen molar-refractivity contribution >= 4 is 22.6 Å². The fraction of sp³-hybridized carbons (Fsp3) is 0.250. The Morgan fingerprint density at radius 3 is 2.65 bits per heavy atom. The fourth-order valence-electron chi connectivity index (χ4n) is 2.87. The summed E-state index contributed by atoms with van der Waals surface area (Å²) in [5, 5.41) is 3.83. The summed E-state index contributed by atoms with van der Waals surface area (Å²) >= 11 is 0. The van der Waals surface area contributed by atoms with Crippen molar-refractivity contribution in [2.45, 2.75) is 20.4 Å². The maximum atomic E-state index is 12.9. The smallest absolute Gasteiger partial charge is 0.239 e. The van der Waals surface area contributed by atoms with Gasteiger partial charge in [-0.25, -0.2) is 14.4 Å². The number of aromatic nitrogens is 2. The van der Waals surface area contributed by atoms with Crippen LogP contribution in [0.1, 0.15) is 18.1 Å². The van der Waals surface area contributed by atoms with E-state index in [1.165, 1.54) is 18.5 Å². The lowest BCUT2D eigenvalue weighted by Crippen LogP contribution is -2.37. The van der Waals surface area contributed by atoms with Crippen LogP contribution in [0.25, 0.3) is 10.9 Å². The predicted molar refractivity (Wildman–Crippen MR) is 100 cm³/mol. The molecule has 0 aliphatic heterocycles. The van der Waals surface area contributed by atoms with Crippen LogP contribution in [0.5, 0.6) is 0 Å². The Morgan fingerprint density at radius 1 is 1.15 bits per heavy atom. The fourth-order valence-corrected chi connectivity index (χ4v) is 2.87. The van der Waals surface area contributed by atoms with E-state index in [-0.39, 0.29) is 18.3 Å². The van der Waals surface area contributed by atoms with Crippen molar-refractivity contribution in [3.05, 3.63) is 65.7 Å². The first-order valence-corrected chi connectivity index (χ1v) is 8.55. The molecule has 1 amide bonds. The lowest BCUT2D eigenvalue weighted by molar-refractivity contribution is -0.119. The summed E-state index contributed by atoms with van der Waals surface area (Å²) in [6, 6.07) is 12.0. The zero-order valence-electron chi connectivity index (χ0n) is 14.9. The predicted octanol–water partition coefficient (Wildman–Crippen LogP) is 3.22. The second-order valence-electron chi connectivity index (χ2n) is 6.08. The molecule has 3 aromatic rings. The number of halogens is 1. The molecule has 3 rings (SSSR count). The van der Waals surface area contributed by atoms with E-state index in [0.29, 0.717) is 13.1 Å². The average Bonchev–Trinajstić information content (AvgIpc) is 2.65. The van der Waals surface area contributed by atoms with Gasteiger partial charge in [0.2, 0.25) is 5.91 Å². The number of anilines is 1. The average molecular weight is 352 g/mol. The van der Waals surface area contributed by atoms with Crippen LogP contribution in [0, 0.1) is 12.7 Å². The number of hydrogen-bond donors (Lipinski definition) is 1. The quantitative estimate of drug-likeness (QED) is 0.740. The van der Waals surface area contributed by atoms with E-state index in [9.17, 15) is 9.18 Å². The van der Waals surface area contributed by atoms with Gasteiger partial charge in [-0.1, -0.05) is 24.3 Å². The summed E-state index contributed by atoms with van der Waals surface area (Å²) in [5.41, 5.74) is 2.79. The van der Waals surface area contributed by atoms with Crippen molar-refractivity contribution < 1.29 is 9.18 Å². The van der Waals surface area contributed by atoms with Gasteiger partial charge in [-0.05, 0) is 43.2 Å². The number of likely N-dealkylation sites (N-methyl/N-ethyl adjacent to an activating group) is 1. The van der Waals surface area contributed by atoms with Crippen molar-refractivity contribution in [3.63, 3.8) is 0 Å². The topological polar surface area (TPSA) is 58.1 Å². The van der Waals surface area contributed by atoms with Crippen molar-refractivity contribution in [2.24, 2.45) is 0 Å². The standard InChI is InChI=1S/C20H21FN4O/c1-3-25(12-18(26)22-11-15-7-9-16(21)10-8-15)20-19-14(2)5-4-6-17(19)23-13-24-20/h4-10,13H,3,11-12H2,1-2H3,(H,22,26). The molecule has 6 heteroatoms. The highest BCUT2D eigenvalue weighted by atomic mass is 19.1. The van der Waals surface area contributed by atoms with Crippen LogP contribution in [-0.4, -0.2) is 29.0 Å². The van der Waals surface area contributed by atoms with E-state index < -0.39 is 0 Å². The van der Waals surface area contributed by atoms with Crippen LogP contribution in [0.15, 0.2) is 48.8 Å². The molecule has 0 saturated heterocycles. The van der Waals surface area contributed by atoms with Gasteiger partial charge in [0.1, 0.15) is 18.0 Å². The van der Waals surface area contributed by atoms with Crippen molar-refractivity contribution in [2.75, 3.05) is 18.0 Å². The second-order valence-corrected chi connectivity index (χ2v) is 6.08. The van der Waals surface area contributed by atoms with Crippen molar-refractivity contribution in [1.29, 1.82) is 0 Å². The zero-order valence-corrected chi connectivity index (χ0v) is 14.9. The third-order valence-corrected chi connectivity index (χ3v) is 4.27. The maximum Gasteiger partial charge on any atom is 0.239 e. The van der Waals surface area contributed by atoms with Crippen molar-refractivity contribution in [3.8, 4) is 0 Å². The normalized spacial score (nSPS) is 10.7. The minimum atomic E-state index is -0.289. The molecular weight excluding hydrogens is 331 g/mol. The number of nitrogens with zero attached hydrogens (tertiary/aromatic N) is 3. The molecule has 5 nitrogen and oxygen atoms in total. The molecule has 1 N–H and O–H groups in total. The molecule has 0 spiro atoms. The number of carbonyl (C=O) groups is 1. The van der Waals surface area contributed by atoms with E-state index in [4.69, 9.17) is 0 Å². The van der Waals surface area contributed by atoms with E-state index in [1.807, 2.05) is 36.9 Å². The van der Waals surface area contributed by atoms with Gasteiger partial charge in [0.15, 0.2) is 0 Å². The Labute approximate surface area is 151 Å². The Morgan fingerprint density at radius 2 is 1.92 bits per heavy atom. The number of fused-ring (bicyclic) bond motifs is 1. The first kappa shape index (κ1) is 17.8. The number of amides is 1. The molecule has 0 bridgehead atoms. The Hall–Kier alpha value is -3.02. The van der Waals surface area contributed by atoms with Gasteiger partial charge in [0.05, 0.1) is 12.1 Å². The molecule has 134 valence electrons. The van der Waals surface area contributed by atoms with Crippen molar-refractivity contribution in [1.82, 2.24) is 15.3 Å². The number of rotatable bonds is 6. The summed E-state index contributed by atoms with van der Waals surface area (Å²) in [7, 11) is 0. The van der Waals surface area contributed by atoms with E-state index in [0.717, 1.165) is 27.8 Å². The highest BCUT2D eigenvalue weighted by molar-refractivity contribution is 5.93. The zero-order chi connectivity index (χ0) is 18.5. The summed E-state index contributed by atoms with van der Waals surface area (Å²) in [4.78, 5) is 23.0. The largest absolute Gasteiger partial charge is 0.350 e. The molecule has 1 heterocycles. The summed E-state index contributed by atoms with van der Waals surface area (Å²) in [5.74, 6) is 0.354. The van der Waals surface area contributed by atoms with Crippen LogP contribution >= 0.6 is 0 Å². The molecule has 26 heavy (non-hydrogen) atoms. The van der Waals surface area contributed by atoms with Crippen LogP contribution in [0.3, 0.4) is 0 Å². The summed E-state index contributed by atoms with van der Waals surface area (Å²) in [6.45, 7) is 5.19. The molecule has 0 fully saturated rings. The Bertz CT molecular complexity index is 906.